The van der Waals surface area contributed by atoms with Crippen LogP contribution in [0.4, 0.5) is 4.79 Å². The van der Waals surface area contributed by atoms with Crippen molar-refractivity contribution in [2.75, 3.05) is 13.2 Å². The van der Waals surface area contributed by atoms with Crippen molar-refractivity contribution in [2.45, 2.75) is 31.8 Å². The number of hydrogen-bond acceptors (Lipinski definition) is 4. The summed E-state index contributed by atoms with van der Waals surface area (Å²) in [6, 6.07) is 33.3. The lowest BCUT2D eigenvalue weighted by Crippen LogP contribution is -2.34. The molecule has 0 unspecified atom stereocenters. The van der Waals surface area contributed by atoms with Gasteiger partial charge in [0.2, 0.25) is 5.91 Å². The van der Waals surface area contributed by atoms with Crippen LogP contribution in [0.5, 0.6) is 0 Å². The molecule has 0 radical (unpaired) electrons. The van der Waals surface area contributed by atoms with Gasteiger partial charge >= 0.3 is 12.1 Å². The van der Waals surface area contributed by atoms with Gasteiger partial charge in [0.15, 0.2) is 0 Å². The molecule has 0 bridgehead atoms. The minimum absolute atomic E-state index is 0.0283. The summed E-state index contributed by atoms with van der Waals surface area (Å²) in [5, 5.41) is 12.0. The van der Waals surface area contributed by atoms with Gasteiger partial charge in [0, 0.05) is 25.6 Å². The Hall–Kier alpha value is -4.91. The van der Waals surface area contributed by atoms with E-state index in [2.05, 4.69) is 29.6 Å². The molecule has 41 heavy (non-hydrogen) atoms. The van der Waals surface area contributed by atoms with Gasteiger partial charge in [-0.25, -0.2) is 4.79 Å². The van der Waals surface area contributed by atoms with Crippen LogP contribution in [-0.2, 0) is 33.8 Å². The Morgan fingerprint density at radius 3 is 2.00 bits per heavy atom. The summed E-state index contributed by atoms with van der Waals surface area (Å²) in [4.78, 5) is 38.8. The monoisotopic (exact) mass is 548 g/mol. The Kier molecular flexibility index (Phi) is 8.74. The maximum atomic E-state index is 13.3. The van der Waals surface area contributed by atoms with Crippen molar-refractivity contribution in [3.8, 4) is 11.1 Å². The minimum Gasteiger partial charge on any atom is -0.481 e. The number of ether oxygens (including phenoxy) is 1. The average molecular weight is 549 g/mol. The zero-order valence-corrected chi connectivity index (χ0v) is 22.7. The van der Waals surface area contributed by atoms with Gasteiger partial charge in [-0.3, -0.25) is 9.59 Å². The number of carboxylic acids is 1. The first kappa shape index (κ1) is 27.6. The van der Waals surface area contributed by atoms with Crippen molar-refractivity contribution in [3.05, 3.63) is 131 Å². The summed E-state index contributed by atoms with van der Waals surface area (Å²) in [5.74, 6) is -1.16. The van der Waals surface area contributed by atoms with E-state index in [-0.39, 0.29) is 44.4 Å². The molecule has 7 nitrogen and oxygen atoms in total. The van der Waals surface area contributed by atoms with Gasteiger partial charge in [0.25, 0.3) is 0 Å². The van der Waals surface area contributed by atoms with Gasteiger partial charge in [0.05, 0.1) is 12.8 Å². The fourth-order valence-corrected chi connectivity index (χ4v) is 5.32. The normalized spacial score (nSPS) is 11.8. The molecule has 1 aliphatic carbocycles. The first-order chi connectivity index (χ1) is 20.0. The first-order valence-electron chi connectivity index (χ1n) is 13.7. The third-order valence-corrected chi connectivity index (χ3v) is 7.39. The van der Waals surface area contributed by atoms with Crippen LogP contribution in [0, 0.1) is 0 Å². The number of rotatable bonds is 11. The van der Waals surface area contributed by atoms with Gasteiger partial charge in [-0.1, -0.05) is 103 Å². The molecule has 0 aromatic heterocycles. The van der Waals surface area contributed by atoms with Crippen LogP contribution in [0.1, 0.15) is 40.2 Å². The summed E-state index contributed by atoms with van der Waals surface area (Å²) in [7, 11) is 0. The summed E-state index contributed by atoms with van der Waals surface area (Å²) in [5.41, 5.74) is 7.12. The van der Waals surface area contributed by atoms with E-state index in [4.69, 9.17) is 4.74 Å². The van der Waals surface area contributed by atoms with Crippen molar-refractivity contribution in [2.24, 2.45) is 0 Å². The molecule has 208 valence electrons. The van der Waals surface area contributed by atoms with Crippen LogP contribution in [-0.4, -0.2) is 41.1 Å². The van der Waals surface area contributed by atoms with E-state index in [9.17, 15) is 19.5 Å². The van der Waals surface area contributed by atoms with Crippen molar-refractivity contribution in [1.82, 2.24) is 10.2 Å². The summed E-state index contributed by atoms with van der Waals surface area (Å²) in [6.07, 6.45) is -0.571. The molecule has 0 atom stereocenters. The molecule has 2 N–H and O–H groups in total. The first-order valence-corrected chi connectivity index (χ1v) is 13.7. The molecule has 0 aliphatic heterocycles. The van der Waals surface area contributed by atoms with Gasteiger partial charge in [-0.15, -0.1) is 0 Å². The molecular weight excluding hydrogens is 516 g/mol. The fourth-order valence-electron chi connectivity index (χ4n) is 5.32. The summed E-state index contributed by atoms with van der Waals surface area (Å²) in [6.45, 7) is 0.863. The topological polar surface area (TPSA) is 95.9 Å². The highest BCUT2D eigenvalue weighted by Gasteiger charge is 2.29. The molecule has 0 fully saturated rings. The number of benzene rings is 4. The fraction of sp³-hybridized carbons (Fsp3) is 0.206. The van der Waals surface area contributed by atoms with Gasteiger partial charge in [-0.05, 0) is 38.9 Å². The number of nitrogens with zero attached hydrogens (tertiary/aromatic N) is 1. The standard InChI is InChI=1S/C34H32N2O5/c37-32(36(19-18-33(38)39)22-24-10-2-1-3-11-24)20-25-12-4-5-13-26(25)21-35-34(40)41-23-31-29-16-8-6-14-27(29)28-15-7-9-17-30(28)31/h1-17,31H,18-23H2,(H,35,40)(H,38,39). The van der Waals surface area contributed by atoms with Crippen LogP contribution < -0.4 is 5.32 Å². The Morgan fingerprint density at radius 2 is 1.34 bits per heavy atom. The lowest BCUT2D eigenvalue weighted by Gasteiger charge is -2.23. The molecule has 1 aliphatic rings. The highest BCUT2D eigenvalue weighted by atomic mass is 16.5. The Balaban J connectivity index is 1.20. The van der Waals surface area contributed by atoms with Crippen LogP contribution >= 0.6 is 0 Å². The minimum atomic E-state index is -0.955. The van der Waals surface area contributed by atoms with Gasteiger partial charge in [0.1, 0.15) is 6.61 Å². The number of nitrogens with one attached hydrogen (secondary N) is 1. The van der Waals surface area contributed by atoms with Gasteiger partial charge < -0.3 is 20.1 Å². The third-order valence-electron chi connectivity index (χ3n) is 7.39. The molecule has 0 heterocycles. The van der Waals surface area contributed by atoms with Crippen LogP contribution in [0.3, 0.4) is 0 Å². The van der Waals surface area contributed by atoms with E-state index in [1.54, 1.807) is 4.90 Å². The predicted molar refractivity (Wildman–Crippen MR) is 156 cm³/mol. The van der Waals surface area contributed by atoms with E-state index in [0.717, 1.165) is 27.8 Å². The van der Waals surface area contributed by atoms with E-state index in [1.165, 1.54) is 11.1 Å². The summed E-state index contributed by atoms with van der Waals surface area (Å²) < 4.78 is 5.66. The maximum Gasteiger partial charge on any atom is 0.407 e. The van der Waals surface area contributed by atoms with Crippen LogP contribution in [0.2, 0.25) is 0 Å². The Labute approximate surface area is 239 Å². The van der Waals surface area contributed by atoms with E-state index in [1.807, 2.05) is 78.9 Å². The smallest absolute Gasteiger partial charge is 0.407 e. The number of alkyl carbamates (subject to hydrolysis) is 1. The Bertz CT molecular complexity index is 1490. The van der Waals surface area contributed by atoms with E-state index in [0.29, 0.717) is 6.54 Å². The predicted octanol–water partition coefficient (Wildman–Crippen LogP) is 5.77. The molecule has 2 amide bonds. The van der Waals surface area contributed by atoms with Crippen molar-refractivity contribution < 1.29 is 24.2 Å². The largest absolute Gasteiger partial charge is 0.481 e. The quantitative estimate of drug-likeness (QED) is 0.248. The highest BCUT2D eigenvalue weighted by molar-refractivity contribution is 5.80. The van der Waals surface area contributed by atoms with Crippen molar-refractivity contribution in [1.29, 1.82) is 0 Å². The number of aliphatic carboxylic acids is 1. The molecule has 5 rings (SSSR count). The molecule has 0 spiro atoms. The molecule has 0 saturated carbocycles. The SMILES string of the molecule is O=C(O)CCN(Cc1ccccc1)C(=O)Cc1ccccc1CNC(=O)OCC1c2ccccc2-c2ccccc21. The average Bonchev–Trinajstić information content (AvgIpc) is 3.31. The molecular formula is C34H32N2O5. The van der Waals surface area contributed by atoms with Crippen LogP contribution in [0.25, 0.3) is 11.1 Å². The number of amides is 2. The molecule has 4 aromatic rings. The zero-order chi connectivity index (χ0) is 28.6. The van der Waals surface area contributed by atoms with E-state index < -0.39 is 12.1 Å². The van der Waals surface area contributed by atoms with Crippen molar-refractivity contribution >= 4 is 18.0 Å². The van der Waals surface area contributed by atoms with Crippen molar-refractivity contribution in [3.63, 3.8) is 0 Å². The number of hydrogen-bond donors (Lipinski definition) is 2. The number of fused-ring (bicyclic) bond motifs is 3. The van der Waals surface area contributed by atoms with E-state index >= 15 is 0 Å². The van der Waals surface area contributed by atoms with Gasteiger partial charge in [-0.2, -0.15) is 0 Å². The summed E-state index contributed by atoms with van der Waals surface area (Å²) >= 11 is 0. The number of carbonyl (C=O) groups excluding carboxylic acids is 2. The lowest BCUT2D eigenvalue weighted by molar-refractivity contribution is -0.138. The number of carboxylic acid groups (broad SMARTS) is 1. The lowest BCUT2D eigenvalue weighted by atomic mass is 9.98. The zero-order valence-electron chi connectivity index (χ0n) is 22.7. The second-order valence-electron chi connectivity index (χ2n) is 10.1. The molecule has 7 heteroatoms. The second kappa shape index (κ2) is 13.0. The third kappa shape index (κ3) is 6.81. The van der Waals surface area contributed by atoms with Crippen LogP contribution in [0.15, 0.2) is 103 Å². The second-order valence-corrected chi connectivity index (χ2v) is 10.1. The maximum absolute atomic E-state index is 13.3. The Morgan fingerprint density at radius 1 is 0.756 bits per heavy atom. The molecule has 4 aromatic carbocycles. The highest BCUT2D eigenvalue weighted by Crippen LogP contribution is 2.44. The number of carbonyl (C=O) groups is 3. The molecule has 0 saturated heterocycles.